The molecule has 1 aliphatic rings. The summed E-state index contributed by atoms with van der Waals surface area (Å²) < 4.78 is 4.55. The number of aromatic nitrogens is 5. The van der Waals surface area contributed by atoms with Gasteiger partial charge in [0.25, 0.3) is 0 Å². The number of fused-ring (bicyclic) bond motifs is 6. The summed E-state index contributed by atoms with van der Waals surface area (Å²) in [5.41, 5.74) is 10.4. The summed E-state index contributed by atoms with van der Waals surface area (Å²) in [6.07, 6.45) is 7.95. The van der Waals surface area contributed by atoms with Gasteiger partial charge in [-0.1, -0.05) is 66.7 Å². The quantitative estimate of drug-likeness (QED) is 0.233. The Hall–Kier alpha value is -6.01. The number of benzene rings is 3. The third-order valence-corrected chi connectivity index (χ3v) is 8.53. The predicted octanol–water partition coefficient (Wildman–Crippen LogP) is 8.32. The second-order valence-electron chi connectivity index (χ2n) is 11.0. The molecule has 0 aliphatic carbocycles. The number of rotatable bonds is 4. The molecule has 5 aromatic heterocycles. The van der Waals surface area contributed by atoms with Gasteiger partial charge in [0.05, 0.1) is 51.2 Å². The lowest BCUT2D eigenvalue weighted by molar-refractivity contribution is 0.852. The lowest BCUT2D eigenvalue weighted by Gasteiger charge is -2.14. The Morgan fingerprint density at radius 2 is 1.27 bits per heavy atom. The van der Waals surface area contributed by atoms with Gasteiger partial charge in [0.15, 0.2) is 0 Å². The zero-order chi connectivity index (χ0) is 29.0. The van der Waals surface area contributed by atoms with E-state index in [4.69, 9.17) is 9.97 Å². The number of hydrogen-bond acceptors (Lipinski definition) is 4. The van der Waals surface area contributed by atoms with Crippen molar-refractivity contribution in [3.63, 3.8) is 0 Å². The number of nitrogens with zero attached hydrogens (tertiary/aromatic N) is 5. The first-order valence-electron chi connectivity index (χ1n) is 14.8. The molecule has 0 bridgehead atoms. The van der Waals surface area contributed by atoms with Crippen molar-refractivity contribution in [1.29, 1.82) is 0 Å². The van der Waals surface area contributed by atoms with E-state index >= 15 is 0 Å². The van der Waals surface area contributed by atoms with Crippen molar-refractivity contribution >= 4 is 38.8 Å². The Balaban J connectivity index is 1.19. The van der Waals surface area contributed by atoms with E-state index in [1.807, 2.05) is 30.7 Å². The van der Waals surface area contributed by atoms with Gasteiger partial charge in [-0.2, -0.15) is 0 Å². The van der Waals surface area contributed by atoms with E-state index < -0.39 is 0 Å². The molecule has 3 aromatic carbocycles. The molecule has 1 N–H and O–H groups in total. The van der Waals surface area contributed by atoms with Crippen LogP contribution in [0.15, 0.2) is 134 Å². The van der Waals surface area contributed by atoms with E-state index in [0.717, 1.165) is 62.9 Å². The molecule has 0 saturated carbocycles. The Labute approximate surface area is 253 Å². The standard InChI is InChI=1S/C38H26N6/c1-4-15-33-25(9-1)27-19-21-40-24-37(27)43(33)35-17-6-3-11-28(35)30-12-7-13-31(41-30)32-14-8-18-38(42-32)44-34-16-5-2-10-26(34)29-23-39-22-20-36(29)44/h1-22,24,39H,23H2. The van der Waals surface area contributed by atoms with Crippen LogP contribution < -0.4 is 5.32 Å². The zero-order valence-electron chi connectivity index (χ0n) is 23.7. The molecule has 208 valence electrons. The van der Waals surface area contributed by atoms with Crippen LogP contribution in [0.5, 0.6) is 0 Å². The first-order valence-corrected chi connectivity index (χ1v) is 14.8. The van der Waals surface area contributed by atoms with Crippen LogP contribution in [-0.4, -0.2) is 24.1 Å². The lowest BCUT2D eigenvalue weighted by atomic mass is 10.1. The SMILES string of the molecule is C1=Cc2c(c3ccccc3n2-c2cccc(-c3cccc(-c4ccccc4-n4c5ccccc5c5ccncc54)n3)n2)CN1. The molecule has 6 heteroatoms. The first-order chi connectivity index (χ1) is 21.8. The molecule has 6 heterocycles. The van der Waals surface area contributed by atoms with Crippen LogP contribution in [0, 0.1) is 0 Å². The molecule has 0 unspecified atom stereocenters. The fourth-order valence-corrected chi connectivity index (χ4v) is 6.61. The van der Waals surface area contributed by atoms with Gasteiger partial charge in [0.2, 0.25) is 0 Å². The van der Waals surface area contributed by atoms with Gasteiger partial charge in [-0.05, 0) is 60.8 Å². The molecule has 0 atom stereocenters. The molecule has 0 amide bonds. The topological polar surface area (TPSA) is 60.6 Å². The number of hydrogen-bond donors (Lipinski definition) is 1. The van der Waals surface area contributed by atoms with Crippen LogP contribution >= 0.6 is 0 Å². The van der Waals surface area contributed by atoms with Crippen molar-refractivity contribution in [2.75, 3.05) is 0 Å². The molecule has 9 rings (SSSR count). The highest BCUT2D eigenvalue weighted by Crippen LogP contribution is 2.36. The highest BCUT2D eigenvalue weighted by atomic mass is 15.1. The lowest BCUT2D eigenvalue weighted by Crippen LogP contribution is -2.11. The maximum absolute atomic E-state index is 5.19. The highest BCUT2D eigenvalue weighted by molar-refractivity contribution is 6.09. The fraction of sp³-hybridized carbons (Fsp3) is 0.0263. The summed E-state index contributed by atoms with van der Waals surface area (Å²) in [5, 5.41) is 6.98. The monoisotopic (exact) mass is 566 g/mol. The van der Waals surface area contributed by atoms with Crippen molar-refractivity contribution in [1.82, 2.24) is 29.4 Å². The van der Waals surface area contributed by atoms with E-state index in [0.29, 0.717) is 0 Å². The largest absolute Gasteiger partial charge is 0.387 e. The average molecular weight is 567 g/mol. The van der Waals surface area contributed by atoms with Gasteiger partial charge in [0.1, 0.15) is 5.82 Å². The van der Waals surface area contributed by atoms with Crippen molar-refractivity contribution in [2.45, 2.75) is 6.54 Å². The van der Waals surface area contributed by atoms with Crippen LogP contribution in [0.2, 0.25) is 0 Å². The number of pyridine rings is 3. The third-order valence-electron chi connectivity index (χ3n) is 8.53. The van der Waals surface area contributed by atoms with Crippen molar-refractivity contribution in [3.8, 4) is 34.2 Å². The highest BCUT2D eigenvalue weighted by Gasteiger charge is 2.20. The van der Waals surface area contributed by atoms with Crippen LogP contribution in [0.4, 0.5) is 0 Å². The van der Waals surface area contributed by atoms with E-state index in [-0.39, 0.29) is 0 Å². The summed E-state index contributed by atoms with van der Waals surface area (Å²) >= 11 is 0. The summed E-state index contributed by atoms with van der Waals surface area (Å²) in [6, 6.07) is 39.9. The van der Waals surface area contributed by atoms with E-state index in [1.54, 1.807) is 0 Å². The van der Waals surface area contributed by atoms with Crippen LogP contribution in [-0.2, 0) is 6.54 Å². The summed E-state index contributed by atoms with van der Waals surface area (Å²) in [7, 11) is 0. The Bertz CT molecular complexity index is 2360. The first kappa shape index (κ1) is 24.6. The van der Waals surface area contributed by atoms with Gasteiger partial charge >= 0.3 is 0 Å². The molecular weight excluding hydrogens is 540 g/mol. The molecule has 0 saturated heterocycles. The van der Waals surface area contributed by atoms with Gasteiger partial charge in [-0.15, -0.1) is 0 Å². The molecule has 0 spiro atoms. The average Bonchev–Trinajstić information content (AvgIpc) is 3.62. The molecule has 6 nitrogen and oxygen atoms in total. The van der Waals surface area contributed by atoms with Crippen molar-refractivity contribution in [2.24, 2.45) is 0 Å². The Morgan fingerprint density at radius 3 is 2.18 bits per heavy atom. The minimum absolute atomic E-state index is 0.796. The van der Waals surface area contributed by atoms with Crippen molar-refractivity contribution < 1.29 is 0 Å². The number of para-hydroxylation sites is 3. The van der Waals surface area contributed by atoms with Gasteiger partial charge in [-0.25, -0.2) is 9.97 Å². The van der Waals surface area contributed by atoms with E-state index in [1.165, 1.54) is 21.7 Å². The maximum atomic E-state index is 5.19. The van der Waals surface area contributed by atoms with Crippen LogP contribution in [0.25, 0.3) is 72.9 Å². The predicted molar refractivity (Wildman–Crippen MR) is 178 cm³/mol. The van der Waals surface area contributed by atoms with Crippen LogP contribution in [0.3, 0.4) is 0 Å². The van der Waals surface area contributed by atoms with Gasteiger partial charge in [0, 0.05) is 40.0 Å². The fourth-order valence-electron chi connectivity index (χ4n) is 6.61. The van der Waals surface area contributed by atoms with Gasteiger partial charge < -0.3 is 9.88 Å². The Kier molecular flexibility index (Phi) is 5.46. The summed E-state index contributed by atoms with van der Waals surface area (Å²) in [4.78, 5) is 14.8. The molecule has 8 aromatic rings. The molecular formula is C38H26N6. The van der Waals surface area contributed by atoms with E-state index in [2.05, 4.69) is 129 Å². The normalized spacial score (nSPS) is 12.5. The maximum Gasteiger partial charge on any atom is 0.138 e. The molecule has 44 heavy (non-hydrogen) atoms. The summed E-state index contributed by atoms with van der Waals surface area (Å²) in [6.45, 7) is 0.796. The smallest absolute Gasteiger partial charge is 0.138 e. The van der Waals surface area contributed by atoms with Crippen LogP contribution in [0.1, 0.15) is 11.3 Å². The van der Waals surface area contributed by atoms with E-state index in [9.17, 15) is 0 Å². The zero-order valence-corrected chi connectivity index (χ0v) is 23.7. The molecule has 1 aliphatic heterocycles. The van der Waals surface area contributed by atoms with Crippen molar-refractivity contribution in [3.05, 3.63) is 145 Å². The minimum Gasteiger partial charge on any atom is -0.387 e. The third kappa shape index (κ3) is 3.71. The second kappa shape index (κ2) is 9.78. The second-order valence-corrected chi connectivity index (χ2v) is 11.0. The summed E-state index contributed by atoms with van der Waals surface area (Å²) in [5.74, 6) is 0.872. The Morgan fingerprint density at radius 1 is 0.568 bits per heavy atom. The van der Waals surface area contributed by atoms with Gasteiger partial charge in [-0.3, -0.25) is 9.55 Å². The minimum atomic E-state index is 0.796. The number of nitrogens with one attached hydrogen (secondary N) is 1. The molecule has 0 radical (unpaired) electrons. The molecule has 0 fully saturated rings.